The maximum atomic E-state index is 13.9. The molecule has 2 aliphatic carbocycles. The molecule has 0 radical (unpaired) electrons. The van der Waals surface area contributed by atoms with Crippen molar-refractivity contribution in [3.63, 3.8) is 0 Å². The lowest BCUT2D eigenvalue weighted by atomic mass is 10.0. The zero-order valence-corrected chi connectivity index (χ0v) is 28.4. The summed E-state index contributed by atoms with van der Waals surface area (Å²) in [5, 5.41) is 22.5. The first-order valence-electron chi connectivity index (χ1n) is 16.7. The molecule has 262 valence electrons. The fraction of sp³-hybridized carbons (Fsp3) is 0.571. The van der Waals surface area contributed by atoms with Gasteiger partial charge < -0.3 is 15.3 Å². The van der Waals surface area contributed by atoms with Crippen LogP contribution in [0.3, 0.4) is 0 Å². The van der Waals surface area contributed by atoms with E-state index in [0.717, 1.165) is 42.7 Å². The van der Waals surface area contributed by atoms with Crippen LogP contribution in [0.15, 0.2) is 58.2 Å². The van der Waals surface area contributed by atoms with Crippen LogP contribution in [-0.2, 0) is 25.6 Å². The van der Waals surface area contributed by atoms with Crippen molar-refractivity contribution < 1.29 is 36.3 Å². The zero-order valence-electron chi connectivity index (χ0n) is 27.5. The minimum absolute atomic E-state index is 0.105. The lowest BCUT2D eigenvalue weighted by Gasteiger charge is -2.25. The second-order valence-electron chi connectivity index (χ2n) is 13.0. The summed E-state index contributed by atoms with van der Waals surface area (Å²) in [4.78, 5) is 23.6. The number of aliphatic carboxylic acids is 1. The Balaban J connectivity index is 0.000000274. The molecule has 2 aliphatic heterocycles. The molecule has 48 heavy (non-hydrogen) atoms. The van der Waals surface area contributed by atoms with Crippen LogP contribution in [0.4, 0.5) is 18.9 Å². The average molecular weight is 691 g/mol. The third kappa shape index (κ3) is 9.15. The van der Waals surface area contributed by atoms with Gasteiger partial charge in [-0.2, -0.15) is 18.4 Å². The fourth-order valence-electron chi connectivity index (χ4n) is 6.24. The van der Waals surface area contributed by atoms with Gasteiger partial charge in [0.25, 0.3) is 0 Å². The maximum Gasteiger partial charge on any atom is 0.417 e. The van der Waals surface area contributed by atoms with Crippen LogP contribution in [0.1, 0.15) is 90.0 Å². The number of nitriles is 1. The molecule has 1 aromatic rings. The van der Waals surface area contributed by atoms with Gasteiger partial charge in [0.2, 0.25) is 0 Å². The zero-order chi connectivity index (χ0) is 35.1. The number of carbonyl (C=O) groups excluding carboxylic acids is 1. The normalized spacial score (nSPS) is 21.4. The number of carboxylic acid groups (broad SMARTS) is 1. The Morgan fingerprint density at radius 2 is 1.79 bits per heavy atom. The molecule has 9 nitrogen and oxygen atoms in total. The molecule has 0 bridgehead atoms. The van der Waals surface area contributed by atoms with E-state index in [1.165, 1.54) is 74.5 Å². The molecule has 2 fully saturated rings. The van der Waals surface area contributed by atoms with Crippen LogP contribution in [0, 0.1) is 11.3 Å². The van der Waals surface area contributed by atoms with Gasteiger partial charge in [0, 0.05) is 24.9 Å². The van der Waals surface area contributed by atoms with Gasteiger partial charge in [-0.15, -0.1) is 0 Å². The lowest BCUT2D eigenvalue weighted by molar-refractivity contribution is -0.140. The molecule has 1 saturated heterocycles. The van der Waals surface area contributed by atoms with E-state index in [4.69, 9.17) is 10.4 Å². The number of rotatable bonds is 14. The second-order valence-corrected chi connectivity index (χ2v) is 15.2. The van der Waals surface area contributed by atoms with E-state index >= 15 is 0 Å². The van der Waals surface area contributed by atoms with Crippen molar-refractivity contribution >= 4 is 27.3 Å². The minimum atomic E-state index is -4.96. The molecule has 1 aromatic carbocycles. The van der Waals surface area contributed by atoms with Crippen LogP contribution >= 0.6 is 0 Å². The van der Waals surface area contributed by atoms with Gasteiger partial charge in [0.05, 0.1) is 27.5 Å². The summed E-state index contributed by atoms with van der Waals surface area (Å²) in [6.45, 7) is 5.10. The van der Waals surface area contributed by atoms with Crippen molar-refractivity contribution in [2.75, 3.05) is 24.5 Å². The molecule has 2 atom stereocenters. The fourth-order valence-corrected chi connectivity index (χ4v) is 8.10. The second kappa shape index (κ2) is 15.8. The third-order valence-electron chi connectivity index (χ3n) is 9.29. The number of fused-ring (bicyclic) bond motifs is 1. The van der Waals surface area contributed by atoms with E-state index in [1.54, 1.807) is 13.0 Å². The van der Waals surface area contributed by atoms with Crippen LogP contribution < -0.4 is 15.5 Å². The molecule has 0 spiro atoms. The number of unbranched alkanes of at least 4 members (excludes halogenated alkanes) is 7. The van der Waals surface area contributed by atoms with Gasteiger partial charge in [-0.3, -0.25) is 14.9 Å². The number of anilines is 1. The standard InChI is InChI=1S/C21H19F3N2O5S.C14H26N2/c1-11-10-26(18-7-13(27)3-4-15(11)18)12-2-5-19(16(6-12)21(22,23)24)32(30,31)14-8-17(20(28)29)25-9-14;1-2-3-4-5-6-7-8-9-12-16-14(13-15)10-11-14/h2-7,14,17,25H,8-10H2,1H3,(H,28,29);16H,2-12H2,1H3/t14-,17+;/m1./s1. The van der Waals surface area contributed by atoms with Gasteiger partial charge in [-0.25, -0.2) is 8.42 Å². The van der Waals surface area contributed by atoms with E-state index in [0.29, 0.717) is 5.70 Å². The molecule has 0 unspecified atom stereocenters. The van der Waals surface area contributed by atoms with Gasteiger partial charge in [-0.05, 0) is 80.6 Å². The summed E-state index contributed by atoms with van der Waals surface area (Å²) in [5.41, 5.74) is 0.740. The quantitative estimate of drug-likeness (QED) is 0.194. The number of carboxylic acids is 1. The Labute approximate surface area is 280 Å². The Kier molecular flexibility index (Phi) is 12.3. The number of carbonyl (C=O) groups is 2. The highest BCUT2D eigenvalue weighted by Crippen LogP contribution is 2.42. The van der Waals surface area contributed by atoms with E-state index in [1.807, 2.05) is 0 Å². The summed E-state index contributed by atoms with van der Waals surface area (Å²) < 4.78 is 67.8. The predicted molar refractivity (Wildman–Crippen MR) is 177 cm³/mol. The monoisotopic (exact) mass is 690 g/mol. The number of sulfone groups is 1. The largest absolute Gasteiger partial charge is 0.480 e. The van der Waals surface area contributed by atoms with E-state index in [9.17, 15) is 31.2 Å². The van der Waals surface area contributed by atoms with Gasteiger partial charge in [0.15, 0.2) is 15.6 Å². The Morgan fingerprint density at radius 1 is 1.12 bits per heavy atom. The first kappa shape index (κ1) is 37.4. The van der Waals surface area contributed by atoms with E-state index < -0.39 is 43.7 Å². The molecule has 5 rings (SSSR count). The SMILES string of the molecule is CC1=C2C=CC(=O)C=C2N(c2ccc(S(=O)(=O)[C@H]3CN[C@H](C(=O)O)C3)c(C(F)(F)F)c2)C1.CCCCCCCCCCNC1(C#N)CC1. The number of alkyl halides is 3. The molecule has 3 N–H and O–H groups in total. The maximum absolute atomic E-state index is 13.9. The van der Waals surface area contributed by atoms with Gasteiger partial charge in [-0.1, -0.05) is 51.9 Å². The topological polar surface area (TPSA) is 140 Å². The molecular weight excluding hydrogens is 645 g/mol. The number of allylic oxidation sites excluding steroid dienone is 3. The van der Waals surface area contributed by atoms with Gasteiger partial charge >= 0.3 is 12.1 Å². The highest BCUT2D eigenvalue weighted by Gasteiger charge is 2.44. The summed E-state index contributed by atoms with van der Waals surface area (Å²) in [5.74, 6) is -1.55. The smallest absolute Gasteiger partial charge is 0.417 e. The summed E-state index contributed by atoms with van der Waals surface area (Å²) in [6, 6.07) is 4.19. The number of nitrogens with zero attached hydrogens (tertiary/aromatic N) is 2. The van der Waals surface area contributed by atoms with Crippen LogP contribution in [0.2, 0.25) is 0 Å². The molecule has 0 amide bonds. The highest BCUT2D eigenvalue weighted by atomic mass is 32.2. The summed E-state index contributed by atoms with van der Waals surface area (Å²) in [7, 11) is -4.46. The van der Waals surface area contributed by atoms with Crippen molar-refractivity contribution in [3.8, 4) is 6.07 Å². The lowest BCUT2D eigenvalue weighted by Crippen LogP contribution is -2.30. The number of hydrogen-bond acceptors (Lipinski definition) is 8. The summed E-state index contributed by atoms with van der Waals surface area (Å²) in [6.07, 6.45) is 12.0. The Bertz CT molecular complexity index is 1610. The average Bonchev–Trinajstić information content (AvgIpc) is 3.49. The molecule has 2 heterocycles. The predicted octanol–water partition coefficient (Wildman–Crippen LogP) is 6.23. The molecular formula is C35H45F3N4O5S. The van der Waals surface area contributed by atoms with Crippen molar-refractivity contribution in [3.05, 3.63) is 58.8 Å². The molecule has 0 aromatic heterocycles. The number of hydrogen-bond donors (Lipinski definition) is 3. The molecule has 13 heteroatoms. The first-order valence-corrected chi connectivity index (χ1v) is 18.3. The highest BCUT2D eigenvalue weighted by molar-refractivity contribution is 7.92. The number of ketones is 1. The van der Waals surface area contributed by atoms with Crippen molar-refractivity contribution in [1.82, 2.24) is 10.6 Å². The number of nitrogens with one attached hydrogen (secondary N) is 2. The first-order chi connectivity index (χ1) is 22.7. The molecule has 1 saturated carbocycles. The Hall–Kier alpha value is -3.47. The minimum Gasteiger partial charge on any atom is -0.480 e. The number of halogens is 3. The van der Waals surface area contributed by atoms with Crippen LogP contribution in [0.5, 0.6) is 0 Å². The van der Waals surface area contributed by atoms with Crippen molar-refractivity contribution in [2.45, 2.75) is 112 Å². The van der Waals surface area contributed by atoms with E-state index in [2.05, 4.69) is 23.6 Å². The third-order valence-corrected chi connectivity index (χ3v) is 11.5. The van der Waals surface area contributed by atoms with Gasteiger partial charge in [0.1, 0.15) is 11.6 Å². The van der Waals surface area contributed by atoms with Crippen LogP contribution in [-0.4, -0.2) is 61.7 Å². The van der Waals surface area contributed by atoms with Crippen molar-refractivity contribution in [1.29, 1.82) is 5.26 Å². The number of benzene rings is 1. The summed E-state index contributed by atoms with van der Waals surface area (Å²) >= 11 is 0. The van der Waals surface area contributed by atoms with E-state index in [-0.39, 0.29) is 36.5 Å². The van der Waals surface area contributed by atoms with Crippen molar-refractivity contribution in [2.24, 2.45) is 0 Å². The Morgan fingerprint density at radius 3 is 2.38 bits per heavy atom. The van der Waals surface area contributed by atoms with Crippen LogP contribution in [0.25, 0.3) is 0 Å². The molecule has 4 aliphatic rings.